The van der Waals surface area contributed by atoms with Crippen molar-refractivity contribution in [2.75, 3.05) is 37.6 Å². The number of allylic oxidation sites excluding steroid dienone is 1. The minimum Gasteiger partial charge on any atom is -0.507 e. The molecule has 5 N–H and O–H groups in total. The van der Waals surface area contributed by atoms with Crippen molar-refractivity contribution >= 4 is 17.4 Å². The Morgan fingerprint density at radius 2 is 1.92 bits per heavy atom. The number of phenolic OH excluding ortho intramolecular Hbond substituents is 1. The monoisotopic (exact) mass is 500 g/mol. The normalized spacial score (nSPS) is 20.8. The van der Waals surface area contributed by atoms with E-state index in [2.05, 4.69) is 40.5 Å². The largest absolute Gasteiger partial charge is 0.507 e. The minimum atomic E-state index is -0.104. The fourth-order valence-corrected chi connectivity index (χ4v) is 4.91. The molecule has 2 aliphatic rings. The second kappa shape index (κ2) is 11.9. The third-order valence-corrected chi connectivity index (χ3v) is 7.16. The molecule has 1 aromatic heterocycles. The van der Waals surface area contributed by atoms with Crippen molar-refractivity contribution in [3.63, 3.8) is 0 Å². The molecular weight excluding hydrogens is 464 g/mol. The number of hydrogen-bond donors (Lipinski definition) is 4. The maximum atomic E-state index is 10.1. The van der Waals surface area contributed by atoms with E-state index < -0.39 is 0 Å². The summed E-state index contributed by atoms with van der Waals surface area (Å²) in [6.07, 6.45) is 6.61. The molecule has 0 amide bonds. The van der Waals surface area contributed by atoms with E-state index in [0.717, 1.165) is 25.3 Å². The molecular formula is C28H36N8O. The Balaban J connectivity index is 1.47. The lowest BCUT2D eigenvalue weighted by molar-refractivity contribution is 0.303. The predicted octanol–water partition coefficient (Wildman–Crippen LogP) is 2.81. The summed E-state index contributed by atoms with van der Waals surface area (Å²) in [5, 5.41) is 26.8. The zero-order valence-corrected chi connectivity index (χ0v) is 21.6. The van der Waals surface area contributed by atoms with Gasteiger partial charge in [0.25, 0.3) is 0 Å². The predicted molar refractivity (Wildman–Crippen MR) is 147 cm³/mol. The van der Waals surface area contributed by atoms with Crippen LogP contribution in [-0.2, 0) is 0 Å². The zero-order chi connectivity index (χ0) is 26.4. The molecule has 0 bridgehead atoms. The van der Waals surface area contributed by atoms with Crippen LogP contribution in [0.1, 0.15) is 44.5 Å². The summed E-state index contributed by atoms with van der Waals surface area (Å²) in [5.74, 6) is 7.66. The van der Waals surface area contributed by atoms with E-state index in [1.165, 1.54) is 12.8 Å². The molecule has 0 saturated carbocycles. The van der Waals surface area contributed by atoms with Crippen LogP contribution < -0.4 is 10.6 Å². The van der Waals surface area contributed by atoms with Crippen LogP contribution in [0.4, 0.5) is 5.82 Å². The van der Waals surface area contributed by atoms with Gasteiger partial charge in [-0.2, -0.15) is 0 Å². The first-order chi connectivity index (χ1) is 17.8. The number of nitrogens with zero attached hydrogens (tertiary/aromatic N) is 5. The molecule has 2 saturated heterocycles. The zero-order valence-electron chi connectivity index (χ0n) is 21.6. The van der Waals surface area contributed by atoms with Gasteiger partial charge in [0.2, 0.25) is 5.82 Å². The lowest BCUT2D eigenvalue weighted by atomic mass is 10.1. The lowest BCUT2D eigenvalue weighted by Gasteiger charge is -2.28. The van der Waals surface area contributed by atoms with Gasteiger partial charge in [-0.25, -0.2) is 9.97 Å². The number of likely N-dealkylation sites (tertiary alicyclic amines) is 1. The number of phenols is 1. The molecule has 2 atom stereocenters. The van der Waals surface area contributed by atoms with E-state index in [-0.39, 0.29) is 23.3 Å². The molecule has 9 nitrogen and oxygen atoms in total. The highest BCUT2D eigenvalue weighted by Gasteiger charge is 2.25. The Morgan fingerprint density at radius 3 is 2.65 bits per heavy atom. The van der Waals surface area contributed by atoms with Crippen LogP contribution >= 0.6 is 0 Å². The SMILES string of the molecule is CC1CCCN1CC#Cc1nccc(N2CCN(/C(=C/C(=N)c3ccccc3O)C(=N)N)CCC2C)n1. The van der Waals surface area contributed by atoms with E-state index in [1.807, 2.05) is 11.0 Å². The summed E-state index contributed by atoms with van der Waals surface area (Å²) in [4.78, 5) is 15.8. The van der Waals surface area contributed by atoms with Crippen molar-refractivity contribution in [3.05, 3.63) is 59.7 Å². The van der Waals surface area contributed by atoms with Crippen molar-refractivity contribution in [1.82, 2.24) is 19.8 Å². The van der Waals surface area contributed by atoms with Crippen LogP contribution in [0.2, 0.25) is 0 Å². The Kier molecular flexibility index (Phi) is 8.41. The van der Waals surface area contributed by atoms with Crippen molar-refractivity contribution in [2.24, 2.45) is 5.73 Å². The molecule has 2 aromatic rings. The third kappa shape index (κ3) is 6.46. The fourth-order valence-electron chi connectivity index (χ4n) is 4.91. The molecule has 2 fully saturated rings. The molecule has 3 heterocycles. The molecule has 0 spiro atoms. The van der Waals surface area contributed by atoms with Crippen LogP contribution in [0.3, 0.4) is 0 Å². The quantitative estimate of drug-likeness (QED) is 0.273. The van der Waals surface area contributed by atoms with Gasteiger partial charge in [0.15, 0.2) is 0 Å². The Bertz CT molecular complexity index is 1230. The topological polar surface area (TPSA) is 129 Å². The molecule has 1 aromatic carbocycles. The van der Waals surface area contributed by atoms with Crippen LogP contribution in [0.5, 0.6) is 5.75 Å². The van der Waals surface area contributed by atoms with Gasteiger partial charge in [0, 0.05) is 43.5 Å². The third-order valence-electron chi connectivity index (χ3n) is 7.16. The van der Waals surface area contributed by atoms with Crippen LogP contribution in [-0.4, -0.2) is 81.2 Å². The summed E-state index contributed by atoms with van der Waals surface area (Å²) in [7, 11) is 0. The lowest BCUT2D eigenvalue weighted by Crippen LogP contribution is -2.37. The minimum absolute atomic E-state index is 0.0277. The van der Waals surface area contributed by atoms with Crippen LogP contribution in [0.15, 0.2) is 48.3 Å². The van der Waals surface area contributed by atoms with Gasteiger partial charge in [-0.05, 0) is 69.9 Å². The molecule has 0 aliphatic carbocycles. The number of anilines is 1. The smallest absolute Gasteiger partial charge is 0.206 e. The van der Waals surface area contributed by atoms with Crippen molar-refractivity contribution < 1.29 is 5.11 Å². The van der Waals surface area contributed by atoms with Crippen molar-refractivity contribution in [3.8, 4) is 17.6 Å². The maximum absolute atomic E-state index is 10.1. The highest BCUT2D eigenvalue weighted by molar-refractivity contribution is 6.12. The summed E-state index contributed by atoms with van der Waals surface area (Å²) < 4.78 is 0. The highest BCUT2D eigenvalue weighted by atomic mass is 16.3. The first-order valence-corrected chi connectivity index (χ1v) is 12.8. The second-order valence-electron chi connectivity index (χ2n) is 9.69. The van der Waals surface area contributed by atoms with Gasteiger partial charge in [0.1, 0.15) is 17.4 Å². The molecule has 9 heteroatoms. The number of hydrogen-bond acceptors (Lipinski definition) is 8. The van der Waals surface area contributed by atoms with Gasteiger partial charge in [-0.3, -0.25) is 10.3 Å². The number of para-hydroxylation sites is 1. The van der Waals surface area contributed by atoms with E-state index in [1.54, 1.807) is 36.5 Å². The first kappa shape index (κ1) is 26.2. The van der Waals surface area contributed by atoms with E-state index in [4.69, 9.17) is 21.5 Å². The number of amidine groups is 1. The average molecular weight is 501 g/mol. The first-order valence-electron chi connectivity index (χ1n) is 12.8. The van der Waals surface area contributed by atoms with E-state index in [9.17, 15) is 5.11 Å². The summed E-state index contributed by atoms with van der Waals surface area (Å²) in [6.45, 7) is 8.21. The Morgan fingerprint density at radius 1 is 1.11 bits per heavy atom. The number of nitrogens with one attached hydrogen (secondary N) is 2. The number of aromatic nitrogens is 2. The summed E-state index contributed by atoms with van der Waals surface area (Å²) in [6, 6.07) is 9.41. The van der Waals surface area contributed by atoms with Crippen LogP contribution in [0.25, 0.3) is 0 Å². The standard InChI is InChI=1S/C28H36N8O/c1-20-7-5-14-34(20)15-6-10-26-32-13-11-27(33-26)36-18-17-35(16-12-21(36)2)24(28(30)31)19-23(29)22-8-3-4-9-25(22)37/h3-4,8-9,11,13,19-21,29,37H,5,7,12,14-18H2,1-2H3,(H3,30,31)/b24-19+,29-23?. The number of aromatic hydroxyl groups is 1. The summed E-state index contributed by atoms with van der Waals surface area (Å²) in [5.41, 5.74) is 6.94. The number of rotatable bonds is 6. The molecule has 2 unspecified atom stereocenters. The van der Waals surface area contributed by atoms with Gasteiger partial charge in [0.05, 0.1) is 18.0 Å². The molecule has 4 rings (SSSR count). The van der Waals surface area contributed by atoms with Crippen LogP contribution in [0, 0.1) is 22.7 Å². The Labute approximate surface area is 219 Å². The molecule has 37 heavy (non-hydrogen) atoms. The second-order valence-corrected chi connectivity index (χ2v) is 9.69. The van der Waals surface area contributed by atoms with E-state index in [0.29, 0.717) is 42.8 Å². The summed E-state index contributed by atoms with van der Waals surface area (Å²) >= 11 is 0. The van der Waals surface area contributed by atoms with Gasteiger partial charge >= 0.3 is 0 Å². The van der Waals surface area contributed by atoms with Crippen molar-refractivity contribution in [2.45, 2.75) is 45.2 Å². The van der Waals surface area contributed by atoms with E-state index >= 15 is 0 Å². The Hall–Kier alpha value is -3.90. The highest BCUT2D eigenvalue weighted by Crippen LogP contribution is 2.22. The molecule has 194 valence electrons. The number of benzene rings is 1. The van der Waals surface area contributed by atoms with Crippen molar-refractivity contribution in [1.29, 1.82) is 10.8 Å². The molecule has 2 aliphatic heterocycles. The van der Waals surface area contributed by atoms with Gasteiger partial charge < -0.3 is 26.0 Å². The average Bonchev–Trinajstić information content (AvgIpc) is 3.19. The fraction of sp³-hybridized carbons (Fsp3) is 0.429. The maximum Gasteiger partial charge on any atom is 0.206 e. The van der Waals surface area contributed by atoms with Gasteiger partial charge in [-0.1, -0.05) is 18.1 Å². The molecule has 0 radical (unpaired) electrons. The number of nitrogens with two attached hydrogens (primary N) is 1. The van der Waals surface area contributed by atoms with Gasteiger partial charge in [-0.15, -0.1) is 0 Å².